The van der Waals surface area contributed by atoms with Crippen LogP contribution >= 0.6 is 0 Å². The van der Waals surface area contributed by atoms with Crippen LogP contribution in [0.4, 0.5) is 4.39 Å². The number of carboxylic acid groups (broad SMARTS) is 1. The number of carbonyl (C=O) groups is 3. The van der Waals surface area contributed by atoms with Crippen molar-refractivity contribution in [1.29, 1.82) is 0 Å². The van der Waals surface area contributed by atoms with Crippen molar-refractivity contribution in [2.24, 2.45) is 17.1 Å². The number of halogens is 1. The lowest BCUT2D eigenvalue weighted by Gasteiger charge is -2.40. The molecule has 0 aliphatic carbocycles. The topological polar surface area (TPSA) is 136 Å². The van der Waals surface area contributed by atoms with Gasteiger partial charge in [-0.1, -0.05) is 6.92 Å². The normalized spacial score (nSPS) is 19.9. The van der Waals surface area contributed by atoms with E-state index in [0.29, 0.717) is 69.7 Å². The van der Waals surface area contributed by atoms with E-state index < -0.39 is 29.2 Å². The van der Waals surface area contributed by atoms with Crippen LogP contribution in [0.15, 0.2) is 18.2 Å². The number of carboxylic acids is 1. The summed E-state index contributed by atoms with van der Waals surface area (Å²) in [5.74, 6) is -1.77. The summed E-state index contributed by atoms with van der Waals surface area (Å²) in [7, 11) is 0. The first-order valence-electron chi connectivity index (χ1n) is 13.1. The van der Waals surface area contributed by atoms with E-state index in [1.165, 1.54) is 12.1 Å². The first kappa shape index (κ1) is 28.6. The van der Waals surface area contributed by atoms with Crippen molar-refractivity contribution in [3.8, 4) is 0 Å². The maximum atomic E-state index is 15.0. The van der Waals surface area contributed by atoms with Crippen molar-refractivity contribution in [3.05, 3.63) is 35.1 Å². The summed E-state index contributed by atoms with van der Waals surface area (Å²) in [5.41, 5.74) is 5.64. The number of piperidine rings is 2. The summed E-state index contributed by atoms with van der Waals surface area (Å²) in [4.78, 5) is 39.1. The molecule has 1 aromatic rings. The van der Waals surface area contributed by atoms with Gasteiger partial charge in [-0.15, -0.1) is 0 Å². The first-order valence-corrected chi connectivity index (χ1v) is 13.1. The summed E-state index contributed by atoms with van der Waals surface area (Å²) in [6, 6.07) is 3.73. The fourth-order valence-corrected chi connectivity index (χ4v) is 5.32. The van der Waals surface area contributed by atoms with Gasteiger partial charge in [0.15, 0.2) is 0 Å². The molecule has 2 heterocycles. The number of amidine groups is 1. The molecule has 0 spiro atoms. The third-order valence-electron chi connectivity index (χ3n) is 7.82. The quantitative estimate of drug-likeness (QED) is 0.306. The number of carbonyl (C=O) groups excluding carboxylic acids is 2. The number of amides is 2. The average molecular weight is 520 g/mol. The molecule has 5 N–H and O–H groups in total. The minimum atomic E-state index is -0.933. The maximum absolute atomic E-state index is 15.0. The number of nitrogens with zero attached hydrogens (tertiary/aromatic N) is 2. The molecule has 2 saturated heterocycles. The smallest absolute Gasteiger partial charge is 0.303 e. The average Bonchev–Trinajstić information content (AvgIpc) is 2.86. The SMILES string of the molecule is CCC(NC(=O)c1ccc(C(N)=[N+]2CCC(O)CC2)cc1F)C(C)(C)C(=O)N1CCC(CC(=O)O)CC1. The van der Waals surface area contributed by atoms with Gasteiger partial charge >= 0.3 is 5.97 Å². The number of hydrogen-bond acceptors (Lipinski definition) is 4. The minimum absolute atomic E-state index is 0.0603. The van der Waals surface area contributed by atoms with Crippen molar-refractivity contribution >= 4 is 23.6 Å². The van der Waals surface area contributed by atoms with E-state index in [1.807, 2.05) is 11.5 Å². The van der Waals surface area contributed by atoms with Crippen LogP contribution in [0.3, 0.4) is 0 Å². The summed E-state index contributed by atoms with van der Waals surface area (Å²) in [6.45, 7) is 7.53. The predicted octanol–water partition coefficient (Wildman–Crippen LogP) is 1.95. The molecule has 1 aromatic carbocycles. The Labute approximate surface area is 217 Å². The van der Waals surface area contributed by atoms with Gasteiger partial charge in [-0.2, -0.15) is 0 Å². The van der Waals surface area contributed by atoms with Crippen molar-refractivity contribution in [1.82, 2.24) is 10.2 Å². The molecule has 2 amide bonds. The van der Waals surface area contributed by atoms with Gasteiger partial charge in [0.05, 0.1) is 35.7 Å². The number of benzene rings is 1. The van der Waals surface area contributed by atoms with Gasteiger partial charge in [0, 0.05) is 38.4 Å². The molecule has 2 fully saturated rings. The lowest BCUT2D eigenvalue weighted by molar-refractivity contribution is -0.542. The van der Waals surface area contributed by atoms with E-state index >= 15 is 4.39 Å². The summed E-state index contributed by atoms with van der Waals surface area (Å²) in [6.07, 6.45) is 2.68. The Morgan fingerprint density at radius 1 is 1.19 bits per heavy atom. The van der Waals surface area contributed by atoms with Gasteiger partial charge in [-0.3, -0.25) is 24.7 Å². The van der Waals surface area contributed by atoms with Gasteiger partial charge < -0.3 is 20.4 Å². The molecule has 2 aliphatic heterocycles. The summed E-state index contributed by atoms with van der Waals surface area (Å²) < 4.78 is 16.9. The molecule has 3 rings (SSSR count). The van der Waals surface area contributed by atoms with Gasteiger partial charge in [-0.05, 0) is 57.2 Å². The molecule has 9 nitrogen and oxygen atoms in total. The van der Waals surface area contributed by atoms with E-state index in [1.54, 1.807) is 24.8 Å². The lowest BCUT2D eigenvalue weighted by Crippen LogP contribution is -2.54. The zero-order valence-electron chi connectivity index (χ0n) is 22.0. The first-order chi connectivity index (χ1) is 17.4. The Bertz CT molecular complexity index is 1040. The Morgan fingerprint density at radius 2 is 1.81 bits per heavy atom. The van der Waals surface area contributed by atoms with Crippen LogP contribution in [0.1, 0.15) is 75.2 Å². The molecule has 0 radical (unpaired) electrons. The van der Waals surface area contributed by atoms with E-state index in [9.17, 15) is 19.5 Å². The second kappa shape index (κ2) is 12.0. The van der Waals surface area contributed by atoms with E-state index in [0.717, 1.165) is 0 Å². The number of aliphatic hydroxyl groups excluding tert-OH is 1. The van der Waals surface area contributed by atoms with E-state index in [-0.39, 0.29) is 29.9 Å². The van der Waals surface area contributed by atoms with Crippen LogP contribution < -0.4 is 11.1 Å². The Hall–Kier alpha value is -3.01. The summed E-state index contributed by atoms with van der Waals surface area (Å²) in [5, 5.41) is 21.6. The van der Waals surface area contributed by atoms with Crippen molar-refractivity contribution in [3.63, 3.8) is 0 Å². The Balaban J connectivity index is 1.67. The minimum Gasteiger partial charge on any atom is -0.481 e. The zero-order chi connectivity index (χ0) is 27.3. The molecule has 37 heavy (non-hydrogen) atoms. The van der Waals surface area contributed by atoms with Crippen LogP contribution in [0.5, 0.6) is 0 Å². The van der Waals surface area contributed by atoms with Gasteiger partial charge in [-0.25, -0.2) is 4.39 Å². The van der Waals surface area contributed by atoms with Gasteiger partial charge in [0.1, 0.15) is 5.82 Å². The van der Waals surface area contributed by atoms with Gasteiger partial charge in [0.2, 0.25) is 5.91 Å². The predicted molar refractivity (Wildman–Crippen MR) is 137 cm³/mol. The van der Waals surface area contributed by atoms with Crippen molar-refractivity contribution in [2.45, 2.75) is 71.4 Å². The Morgan fingerprint density at radius 3 is 2.35 bits per heavy atom. The largest absolute Gasteiger partial charge is 0.481 e. The highest BCUT2D eigenvalue weighted by atomic mass is 19.1. The molecule has 1 atom stereocenters. The highest BCUT2D eigenvalue weighted by Crippen LogP contribution is 2.30. The third kappa shape index (κ3) is 6.85. The van der Waals surface area contributed by atoms with Crippen LogP contribution in [0.25, 0.3) is 0 Å². The molecule has 0 saturated carbocycles. The standard InChI is InChI=1S/C27H39FN4O5/c1-4-22(27(2,3)26(37)32-11-7-17(8-12-32)15-23(34)35)30-25(36)20-6-5-18(16-21(20)28)24(29)31-13-9-19(33)10-14-31/h5-6,16-17,19,22,29,33H,4,7-15H2,1-3H3,(H2,30,34,35,36)/p+1. The highest BCUT2D eigenvalue weighted by Gasteiger charge is 2.41. The molecular formula is C27H40FN4O5+. The number of nitrogens with two attached hydrogens (primary N) is 1. The fourth-order valence-electron chi connectivity index (χ4n) is 5.32. The van der Waals surface area contributed by atoms with Crippen LogP contribution in [-0.2, 0) is 9.59 Å². The lowest BCUT2D eigenvalue weighted by atomic mass is 9.80. The summed E-state index contributed by atoms with van der Waals surface area (Å²) >= 11 is 0. The highest BCUT2D eigenvalue weighted by molar-refractivity contribution is 5.98. The number of rotatable bonds is 8. The van der Waals surface area contributed by atoms with Gasteiger partial charge in [0.25, 0.3) is 11.7 Å². The van der Waals surface area contributed by atoms with Crippen molar-refractivity contribution in [2.75, 3.05) is 26.2 Å². The Kier molecular flexibility index (Phi) is 9.28. The van der Waals surface area contributed by atoms with Crippen LogP contribution in [0, 0.1) is 17.2 Å². The maximum Gasteiger partial charge on any atom is 0.303 e. The molecule has 10 heteroatoms. The molecule has 0 bridgehead atoms. The molecular weight excluding hydrogens is 479 g/mol. The molecule has 1 unspecified atom stereocenters. The molecule has 204 valence electrons. The fraction of sp³-hybridized carbons (Fsp3) is 0.630. The van der Waals surface area contributed by atoms with E-state index in [4.69, 9.17) is 10.8 Å². The van der Waals surface area contributed by atoms with E-state index in [2.05, 4.69) is 5.32 Å². The third-order valence-corrected chi connectivity index (χ3v) is 7.82. The second-order valence-corrected chi connectivity index (χ2v) is 10.8. The van der Waals surface area contributed by atoms with Crippen LogP contribution in [-0.4, -0.2) is 81.6 Å². The number of aliphatic hydroxyl groups is 1. The number of nitrogens with one attached hydrogen (secondary N) is 1. The van der Waals surface area contributed by atoms with Crippen molar-refractivity contribution < 1.29 is 33.6 Å². The molecule has 2 aliphatic rings. The number of aliphatic carboxylic acids is 1. The van der Waals surface area contributed by atoms with Crippen LogP contribution in [0.2, 0.25) is 0 Å². The monoisotopic (exact) mass is 519 g/mol. The zero-order valence-corrected chi connectivity index (χ0v) is 22.0. The number of likely N-dealkylation sites (tertiary alicyclic amines) is 1. The second-order valence-electron chi connectivity index (χ2n) is 10.8. The molecule has 0 aromatic heterocycles. The number of hydrogen-bond donors (Lipinski definition) is 4.